The molecule has 1 heterocycles. The maximum atomic E-state index is 12.8. The van der Waals surface area contributed by atoms with E-state index in [2.05, 4.69) is 5.32 Å². The van der Waals surface area contributed by atoms with Gasteiger partial charge in [0.15, 0.2) is 0 Å². The van der Waals surface area contributed by atoms with Gasteiger partial charge in [-0.25, -0.2) is 8.78 Å². The Kier molecular flexibility index (Phi) is 3.38. The molecule has 1 fully saturated rings. The van der Waals surface area contributed by atoms with Crippen molar-refractivity contribution in [1.29, 1.82) is 0 Å². The summed E-state index contributed by atoms with van der Waals surface area (Å²) in [6, 6.07) is 5.98. The molecule has 0 bridgehead atoms. The first-order valence-electron chi connectivity index (χ1n) is 5.42. The van der Waals surface area contributed by atoms with Crippen LogP contribution in [0.5, 0.6) is 0 Å². The highest BCUT2D eigenvalue weighted by molar-refractivity contribution is 5.70. The van der Waals surface area contributed by atoms with Gasteiger partial charge >= 0.3 is 5.97 Å². The summed E-state index contributed by atoms with van der Waals surface area (Å²) in [7, 11) is 0. The van der Waals surface area contributed by atoms with Crippen LogP contribution in [0.25, 0.3) is 0 Å². The minimum atomic E-state index is -2.53. The molecule has 1 aromatic rings. The quantitative estimate of drug-likeness (QED) is 0.854. The topological polar surface area (TPSA) is 49.3 Å². The Balaban J connectivity index is 2.21. The number of alkyl halides is 2. The Hall–Kier alpha value is -1.49. The number of nitrogens with one attached hydrogen (secondary N) is 1. The van der Waals surface area contributed by atoms with E-state index >= 15 is 0 Å². The number of rotatable bonds is 3. The number of halogens is 2. The summed E-state index contributed by atoms with van der Waals surface area (Å²) in [5.74, 6) is -1.37. The van der Waals surface area contributed by atoms with Crippen LogP contribution in [0, 0.1) is 5.92 Å². The van der Waals surface area contributed by atoms with Crippen molar-refractivity contribution < 1.29 is 18.7 Å². The monoisotopic (exact) mass is 241 g/mol. The molecule has 2 unspecified atom stereocenters. The van der Waals surface area contributed by atoms with Crippen LogP contribution in [0.1, 0.15) is 30.0 Å². The molecule has 0 aromatic heterocycles. The van der Waals surface area contributed by atoms with Gasteiger partial charge in [0.05, 0.1) is 5.92 Å². The standard InChI is InChI=1S/C12H13F2NO2/c13-11(14)9-4-2-1-3-8(9)10-5-7(6-15-10)12(16)17/h1-4,7,10-11,15H,5-6H2,(H,16,17). The zero-order valence-electron chi connectivity index (χ0n) is 9.07. The Morgan fingerprint density at radius 3 is 2.71 bits per heavy atom. The second kappa shape index (κ2) is 4.79. The third-order valence-electron chi connectivity index (χ3n) is 3.09. The summed E-state index contributed by atoms with van der Waals surface area (Å²) >= 11 is 0. The maximum absolute atomic E-state index is 12.8. The first-order valence-corrected chi connectivity index (χ1v) is 5.42. The third-order valence-corrected chi connectivity index (χ3v) is 3.09. The molecule has 2 atom stereocenters. The van der Waals surface area contributed by atoms with Crippen molar-refractivity contribution >= 4 is 5.97 Å². The fourth-order valence-corrected chi connectivity index (χ4v) is 2.19. The highest BCUT2D eigenvalue weighted by Gasteiger charge is 2.32. The second-order valence-electron chi connectivity index (χ2n) is 4.16. The summed E-state index contributed by atoms with van der Waals surface area (Å²) in [6.45, 7) is 0.331. The molecule has 0 aliphatic carbocycles. The van der Waals surface area contributed by atoms with Crippen LogP contribution in [-0.2, 0) is 4.79 Å². The molecule has 0 saturated carbocycles. The van der Waals surface area contributed by atoms with E-state index in [4.69, 9.17) is 5.11 Å². The second-order valence-corrected chi connectivity index (χ2v) is 4.16. The van der Waals surface area contributed by atoms with Gasteiger partial charge in [0.1, 0.15) is 0 Å². The van der Waals surface area contributed by atoms with Crippen LogP contribution in [0.15, 0.2) is 24.3 Å². The molecule has 17 heavy (non-hydrogen) atoms. The fraction of sp³-hybridized carbons (Fsp3) is 0.417. The van der Waals surface area contributed by atoms with Crippen molar-refractivity contribution in [3.63, 3.8) is 0 Å². The zero-order chi connectivity index (χ0) is 12.4. The molecular weight excluding hydrogens is 228 g/mol. The van der Waals surface area contributed by atoms with E-state index in [1.54, 1.807) is 18.2 Å². The summed E-state index contributed by atoms with van der Waals surface area (Å²) in [6.07, 6.45) is -2.17. The van der Waals surface area contributed by atoms with Crippen LogP contribution in [0.3, 0.4) is 0 Å². The SMILES string of the molecule is O=C(O)C1CNC(c2ccccc2C(F)F)C1. The van der Waals surface area contributed by atoms with E-state index in [1.165, 1.54) is 6.07 Å². The number of carboxylic acids is 1. The number of hydrogen-bond acceptors (Lipinski definition) is 2. The molecule has 1 saturated heterocycles. The average Bonchev–Trinajstić information content (AvgIpc) is 2.78. The lowest BCUT2D eigenvalue weighted by molar-refractivity contribution is -0.141. The molecule has 0 amide bonds. The van der Waals surface area contributed by atoms with Crippen LogP contribution in [0.4, 0.5) is 8.78 Å². The highest BCUT2D eigenvalue weighted by atomic mass is 19.3. The van der Waals surface area contributed by atoms with Gasteiger partial charge in [-0.05, 0) is 12.0 Å². The first-order chi connectivity index (χ1) is 8.09. The van der Waals surface area contributed by atoms with Gasteiger partial charge in [0.2, 0.25) is 0 Å². The number of hydrogen-bond donors (Lipinski definition) is 2. The van der Waals surface area contributed by atoms with Gasteiger partial charge in [-0.1, -0.05) is 24.3 Å². The fourth-order valence-electron chi connectivity index (χ4n) is 2.19. The molecule has 2 rings (SSSR count). The highest BCUT2D eigenvalue weighted by Crippen LogP contribution is 2.33. The van der Waals surface area contributed by atoms with Gasteiger partial charge in [0.25, 0.3) is 6.43 Å². The van der Waals surface area contributed by atoms with Crippen molar-refractivity contribution in [2.24, 2.45) is 5.92 Å². The zero-order valence-corrected chi connectivity index (χ0v) is 9.07. The van der Waals surface area contributed by atoms with E-state index in [0.29, 0.717) is 18.5 Å². The number of carbonyl (C=O) groups is 1. The lowest BCUT2D eigenvalue weighted by atomic mass is 9.96. The number of carboxylic acid groups (broad SMARTS) is 1. The van der Waals surface area contributed by atoms with E-state index in [9.17, 15) is 13.6 Å². The molecule has 5 heteroatoms. The molecule has 1 aromatic carbocycles. The molecule has 92 valence electrons. The molecule has 2 N–H and O–H groups in total. The van der Waals surface area contributed by atoms with Crippen molar-refractivity contribution in [2.75, 3.05) is 6.54 Å². The van der Waals surface area contributed by atoms with Crippen molar-refractivity contribution in [2.45, 2.75) is 18.9 Å². The van der Waals surface area contributed by atoms with Crippen LogP contribution in [0.2, 0.25) is 0 Å². The predicted molar refractivity (Wildman–Crippen MR) is 57.9 cm³/mol. The summed E-state index contributed by atoms with van der Waals surface area (Å²) in [5.41, 5.74) is 0.488. The number of aliphatic carboxylic acids is 1. The Morgan fingerprint density at radius 1 is 1.41 bits per heavy atom. The van der Waals surface area contributed by atoms with Gasteiger partial charge in [-0.2, -0.15) is 0 Å². The first kappa shape index (κ1) is 12.0. The molecule has 1 aliphatic rings. The average molecular weight is 241 g/mol. The lowest BCUT2D eigenvalue weighted by Gasteiger charge is -2.15. The van der Waals surface area contributed by atoms with Crippen LogP contribution >= 0.6 is 0 Å². The van der Waals surface area contributed by atoms with E-state index in [1.807, 2.05) is 0 Å². The molecule has 0 radical (unpaired) electrons. The van der Waals surface area contributed by atoms with E-state index in [0.717, 1.165) is 0 Å². The molecule has 1 aliphatic heterocycles. The Bertz CT molecular complexity index is 423. The van der Waals surface area contributed by atoms with Crippen molar-refractivity contribution in [1.82, 2.24) is 5.32 Å². The summed E-state index contributed by atoms with van der Waals surface area (Å²) in [4.78, 5) is 10.8. The van der Waals surface area contributed by atoms with Crippen LogP contribution < -0.4 is 5.32 Å². The Labute approximate surface area is 97.5 Å². The largest absolute Gasteiger partial charge is 0.481 e. The van der Waals surface area contributed by atoms with E-state index in [-0.39, 0.29) is 11.6 Å². The van der Waals surface area contributed by atoms with Crippen LogP contribution in [-0.4, -0.2) is 17.6 Å². The van der Waals surface area contributed by atoms with Crippen molar-refractivity contribution in [3.05, 3.63) is 35.4 Å². The summed E-state index contributed by atoms with van der Waals surface area (Å²) < 4.78 is 25.6. The van der Waals surface area contributed by atoms with Gasteiger partial charge in [-0.3, -0.25) is 4.79 Å². The number of benzene rings is 1. The minimum Gasteiger partial charge on any atom is -0.481 e. The molecular formula is C12H13F2NO2. The minimum absolute atomic E-state index is 0.0176. The lowest BCUT2D eigenvalue weighted by Crippen LogP contribution is -2.17. The van der Waals surface area contributed by atoms with Gasteiger partial charge in [0, 0.05) is 18.2 Å². The maximum Gasteiger partial charge on any atom is 0.307 e. The summed E-state index contributed by atoms with van der Waals surface area (Å²) in [5, 5.41) is 11.9. The Morgan fingerprint density at radius 2 is 2.12 bits per heavy atom. The van der Waals surface area contributed by atoms with Crippen molar-refractivity contribution in [3.8, 4) is 0 Å². The third kappa shape index (κ3) is 2.44. The van der Waals surface area contributed by atoms with E-state index < -0.39 is 18.3 Å². The predicted octanol–water partition coefficient (Wildman–Crippen LogP) is 2.36. The van der Waals surface area contributed by atoms with Gasteiger partial charge in [-0.15, -0.1) is 0 Å². The normalized spacial score (nSPS) is 24.2. The molecule has 3 nitrogen and oxygen atoms in total. The smallest absolute Gasteiger partial charge is 0.307 e. The van der Waals surface area contributed by atoms with Gasteiger partial charge < -0.3 is 10.4 Å². The molecule has 0 spiro atoms.